The molecule has 0 heterocycles. The molecule has 1 unspecified atom stereocenters. The van der Waals surface area contributed by atoms with Crippen LogP contribution in [0, 0.1) is 9.39 Å². The highest BCUT2D eigenvalue weighted by atomic mass is 127. The van der Waals surface area contributed by atoms with Crippen molar-refractivity contribution in [2.75, 3.05) is 6.54 Å². The first kappa shape index (κ1) is 16.0. The molecule has 0 saturated heterocycles. The molecule has 0 aliphatic carbocycles. The van der Waals surface area contributed by atoms with Crippen molar-refractivity contribution >= 4 is 45.8 Å². The second kappa shape index (κ2) is 7.07. The van der Waals surface area contributed by atoms with Crippen molar-refractivity contribution in [3.63, 3.8) is 0 Å². The molecule has 0 radical (unpaired) electrons. The van der Waals surface area contributed by atoms with E-state index in [1.165, 1.54) is 12.1 Å². The fourth-order valence-electron chi connectivity index (χ4n) is 2.04. The molecule has 0 aliphatic heterocycles. The fraction of sp³-hybridized carbons (Fsp3) is 0.200. The molecule has 20 heavy (non-hydrogen) atoms. The highest BCUT2D eigenvalue weighted by Crippen LogP contribution is 2.31. The smallest absolute Gasteiger partial charge is 0.124 e. The average Bonchev–Trinajstić information content (AvgIpc) is 2.40. The minimum Gasteiger partial charge on any atom is -0.306 e. The number of nitrogens with one attached hydrogen (secondary N) is 1. The molecule has 2 aromatic carbocycles. The fourth-order valence-corrected chi connectivity index (χ4v) is 3.13. The predicted molar refractivity (Wildman–Crippen MR) is 91.1 cm³/mol. The third kappa shape index (κ3) is 3.64. The summed E-state index contributed by atoms with van der Waals surface area (Å²) in [5.74, 6) is -0.234. The lowest BCUT2D eigenvalue weighted by atomic mass is 9.98. The van der Waals surface area contributed by atoms with Gasteiger partial charge in [-0.3, -0.25) is 0 Å². The summed E-state index contributed by atoms with van der Waals surface area (Å²) in [6, 6.07) is 10.3. The van der Waals surface area contributed by atoms with Gasteiger partial charge in [0.15, 0.2) is 0 Å². The van der Waals surface area contributed by atoms with Gasteiger partial charge in [0.05, 0.1) is 16.1 Å². The monoisotopic (exact) mass is 423 g/mol. The van der Waals surface area contributed by atoms with E-state index in [1.54, 1.807) is 12.1 Å². The van der Waals surface area contributed by atoms with Gasteiger partial charge in [-0.25, -0.2) is 4.39 Å². The van der Waals surface area contributed by atoms with Gasteiger partial charge in [0.1, 0.15) is 5.82 Å². The zero-order valence-electron chi connectivity index (χ0n) is 10.8. The van der Waals surface area contributed by atoms with Crippen LogP contribution < -0.4 is 5.32 Å². The maximum Gasteiger partial charge on any atom is 0.124 e. The molecule has 0 amide bonds. The molecule has 1 atom stereocenters. The zero-order chi connectivity index (χ0) is 14.7. The van der Waals surface area contributed by atoms with Crippen molar-refractivity contribution in [1.82, 2.24) is 5.32 Å². The first-order valence-corrected chi connectivity index (χ1v) is 7.99. The van der Waals surface area contributed by atoms with Gasteiger partial charge in [-0.05, 0) is 64.5 Å². The first-order valence-electron chi connectivity index (χ1n) is 6.16. The van der Waals surface area contributed by atoms with E-state index in [9.17, 15) is 4.39 Å². The first-order chi connectivity index (χ1) is 9.52. The van der Waals surface area contributed by atoms with E-state index in [4.69, 9.17) is 23.2 Å². The molecule has 106 valence electrons. The van der Waals surface area contributed by atoms with Crippen molar-refractivity contribution in [3.8, 4) is 0 Å². The summed E-state index contributed by atoms with van der Waals surface area (Å²) in [5, 5.41) is 4.44. The molecule has 0 bridgehead atoms. The summed E-state index contributed by atoms with van der Waals surface area (Å²) in [6.07, 6.45) is 0. The third-order valence-corrected chi connectivity index (χ3v) is 4.63. The van der Waals surface area contributed by atoms with Crippen molar-refractivity contribution < 1.29 is 4.39 Å². The Kier molecular flexibility index (Phi) is 5.66. The van der Waals surface area contributed by atoms with Gasteiger partial charge in [-0.2, -0.15) is 0 Å². The van der Waals surface area contributed by atoms with Crippen LogP contribution in [0.25, 0.3) is 0 Å². The number of halogens is 4. The van der Waals surface area contributed by atoms with Crippen molar-refractivity contribution in [3.05, 3.63) is 67.0 Å². The molecule has 0 fully saturated rings. The minimum atomic E-state index is -0.234. The lowest BCUT2D eigenvalue weighted by Gasteiger charge is -2.21. The van der Waals surface area contributed by atoms with E-state index in [-0.39, 0.29) is 11.9 Å². The Labute approximate surface area is 141 Å². The summed E-state index contributed by atoms with van der Waals surface area (Å²) in [4.78, 5) is 0. The van der Waals surface area contributed by atoms with Crippen molar-refractivity contribution in [2.45, 2.75) is 13.0 Å². The molecule has 2 aromatic rings. The Morgan fingerprint density at radius 1 is 1.15 bits per heavy atom. The highest BCUT2D eigenvalue weighted by Gasteiger charge is 2.17. The summed E-state index contributed by atoms with van der Waals surface area (Å²) < 4.78 is 14.1. The van der Waals surface area contributed by atoms with Crippen LogP contribution in [0.5, 0.6) is 0 Å². The largest absolute Gasteiger partial charge is 0.306 e. The van der Waals surface area contributed by atoms with E-state index in [2.05, 4.69) is 27.9 Å². The standard InChI is InChI=1S/C15H13Cl2FIN/c1-2-20-15(9-3-6-12(16)13(17)7-9)11-5-4-10(18)8-14(11)19/h3-8,15,20H,2H2,1H3. The van der Waals surface area contributed by atoms with E-state index in [1.807, 2.05) is 19.1 Å². The van der Waals surface area contributed by atoms with Crippen LogP contribution in [0.4, 0.5) is 4.39 Å². The van der Waals surface area contributed by atoms with Gasteiger partial charge in [-0.1, -0.05) is 42.3 Å². The molecule has 2 rings (SSSR count). The van der Waals surface area contributed by atoms with Crippen LogP contribution in [-0.2, 0) is 0 Å². The lowest BCUT2D eigenvalue weighted by molar-refractivity contribution is 0.610. The number of hydrogen-bond donors (Lipinski definition) is 1. The van der Waals surface area contributed by atoms with Crippen LogP contribution in [-0.4, -0.2) is 6.54 Å². The van der Waals surface area contributed by atoms with Crippen molar-refractivity contribution in [2.24, 2.45) is 0 Å². The predicted octanol–water partition coefficient (Wildman–Crippen LogP) is 5.44. The number of hydrogen-bond acceptors (Lipinski definition) is 1. The van der Waals surface area contributed by atoms with E-state index >= 15 is 0 Å². The Hall–Kier alpha value is -0.360. The topological polar surface area (TPSA) is 12.0 Å². The van der Waals surface area contributed by atoms with Crippen LogP contribution >= 0.6 is 45.8 Å². The Bertz CT molecular complexity index is 619. The van der Waals surface area contributed by atoms with E-state index < -0.39 is 0 Å². The highest BCUT2D eigenvalue weighted by molar-refractivity contribution is 14.1. The maximum atomic E-state index is 13.3. The summed E-state index contributed by atoms with van der Waals surface area (Å²) >= 11 is 14.2. The lowest BCUT2D eigenvalue weighted by Crippen LogP contribution is -2.23. The molecule has 5 heteroatoms. The molecule has 1 nitrogen and oxygen atoms in total. The average molecular weight is 424 g/mol. The number of rotatable bonds is 4. The Balaban J connectivity index is 2.47. The normalized spacial score (nSPS) is 12.4. The molecule has 0 aromatic heterocycles. The quantitative estimate of drug-likeness (QED) is 0.646. The van der Waals surface area contributed by atoms with E-state index in [0.29, 0.717) is 10.0 Å². The van der Waals surface area contributed by atoms with Gasteiger partial charge in [-0.15, -0.1) is 0 Å². The van der Waals surface area contributed by atoms with Gasteiger partial charge >= 0.3 is 0 Å². The maximum absolute atomic E-state index is 13.3. The Morgan fingerprint density at radius 3 is 2.50 bits per heavy atom. The SMILES string of the molecule is CCNC(c1ccc(Cl)c(Cl)c1)c1ccc(F)cc1I. The molecule has 0 spiro atoms. The third-order valence-electron chi connectivity index (χ3n) is 2.96. The molecule has 1 N–H and O–H groups in total. The minimum absolute atomic E-state index is 0.0396. The summed E-state index contributed by atoms with van der Waals surface area (Å²) in [6.45, 7) is 2.82. The summed E-state index contributed by atoms with van der Waals surface area (Å²) in [5.41, 5.74) is 2.03. The molecule has 0 saturated carbocycles. The molecular weight excluding hydrogens is 411 g/mol. The van der Waals surface area contributed by atoms with Crippen LogP contribution in [0.15, 0.2) is 36.4 Å². The van der Waals surface area contributed by atoms with Gasteiger partial charge in [0, 0.05) is 3.57 Å². The van der Waals surface area contributed by atoms with E-state index in [0.717, 1.165) is 21.2 Å². The van der Waals surface area contributed by atoms with Gasteiger partial charge in [0.25, 0.3) is 0 Å². The molecule has 0 aliphatic rings. The van der Waals surface area contributed by atoms with Crippen LogP contribution in [0.2, 0.25) is 10.0 Å². The second-order valence-corrected chi connectivity index (χ2v) is 6.31. The van der Waals surface area contributed by atoms with Gasteiger partial charge < -0.3 is 5.32 Å². The number of benzene rings is 2. The Morgan fingerprint density at radius 2 is 1.90 bits per heavy atom. The second-order valence-electron chi connectivity index (χ2n) is 4.33. The van der Waals surface area contributed by atoms with Crippen LogP contribution in [0.3, 0.4) is 0 Å². The zero-order valence-corrected chi connectivity index (χ0v) is 14.4. The summed E-state index contributed by atoms with van der Waals surface area (Å²) in [7, 11) is 0. The van der Waals surface area contributed by atoms with Crippen LogP contribution in [0.1, 0.15) is 24.1 Å². The van der Waals surface area contributed by atoms with Crippen molar-refractivity contribution in [1.29, 1.82) is 0 Å². The molecular formula is C15H13Cl2FIN. The van der Waals surface area contributed by atoms with Gasteiger partial charge in [0.2, 0.25) is 0 Å².